The zero-order valence-corrected chi connectivity index (χ0v) is 19.6. The molecule has 0 saturated carbocycles. The van der Waals surface area contributed by atoms with Crippen LogP contribution >= 0.6 is 0 Å². The summed E-state index contributed by atoms with van der Waals surface area (Å²) in [5, 5.41) is 19.0. The lowest BCUT2D eigenvalue weighted by molar-refractivity contribution is -0.132. The molecule has 0 radical (unpaired) electrons. The summed E-state index contributed by atoms with van der Waals surface area (Å²) in [5.41, 5.74) is 11.6. The maximum Gasteiger partial charge on any atom is 0.243 e. The molecular weight excluding hydrogens is 444 g/mol. The largest absolute Gasteiger partial charge is 0.508 e. The van der Waals surface area contributed by atoms with E-state index in [0.29, 0.717) is 6.42 Å². The number of phenolic OH excluding ortho intramolecular Hbond substituents is 1. The Kier molecular flexibility index (Phi) is 11.5. The fourth-order valence-electron chi connectivity index (χ4n) is 2.93. The molecule has 0 unspecified atom stereocenters. The number of nitrogens with two attached hydrogens (primary N) is 2. The molecule has 1 rings (SSSR count). The number of rotatable bonds is 13. The second-order valence-corrected chi connectivity index (χ2v) is 8.36. The van der Waals surface area contributed by atoms with Gasteiger partial charge < -0.3 is 37.8 Å². The molecule has 0 saturated heterocycles. The molecule has 0 spiro atoms. The highest BCUT2D eigenvalue weighted by Gasteiger charge is 2.24. The second-order valence-electron chi connectivity index (χ2n) is 8.36. The van der Waals surface area contributed by atoms with E-state index >= 15 is 0 Å². The number of aromatic hydroxyl groups is 1. The Labute approximate surface area is 198 Å². The number of hydrogen-bond acceptors (Lipinski definition) is 7. The highest BCUT2D eigenvalue weighted by molar-refractivity contribution is 5.93. The molecule has 34 heavy (non-hydrogen) atoms. The van der Waals surface area contributed by atoms with Gasteiger partial charge in [-0.25, -0.2) is 0 Å². The predicted molar refractivity (Wildman–Crippen MR) is 124 cm³/mol. The molecule has 0 heterocycles. The maximum atomic E-state index is 12.3. The molecule has 12 nitrogen and oxygen atoms in total. The van der Waals surface area contributed by atoms with Gasteiger partial charge in [-0.1, -0.05) is 26.0 Å². The second kappa shape index (κ2) is 13.8. The Bertz CT molecular complexity index is 873. The van der Waals surface area contributed by atoms with Crippen LogP contribution in [0.2, 0.25) is 0 Å². The first kappa shape index (κ1) is 28.4. The van der Waals surface area contributed by atoms with Crippen molar-refractivity contribution in [1.82, 2.24) is 21.3 Å². The van der Waals surface area contributed by atoms with Gasteiger partial charge >= 0.3 is 0 Å². The zero-order valence-electron chi connectivity index (χ0n) is 19.6. The Morgan fingerprint density at radius 2 is 1.47 bits per heavy atom. The van der Waals surface area contributed by atoms with Gasteiger partial charge in [0, 0.05) is 0 Å². The Hall–Kier alpha value is -3.67. The summed E-state index contributed by atoms with van der Waals surface area (Å²) in [5.74, 6) is -2.89. The van der Waals surface area contributed by atoms with E-state index < -0.39 is 54.2 Å². The van der Waals surface area contributed by atoms with Crippen LogP contribution in [-0.4, -0.2) is 65.9 Å². The Morgan fingerprint density at radius 1 is 0.882 bits per heavy atom. The van der Waals surface area contributed by atoms with Gasteiger partial charge in [0.1, 0.15) is 17.8 Å². The van der Waals surface area contributed by atoms with Gasteiger partial charge in [0.2, 0.25) is 29.5 Å². The third-order valence-corrected chi connectivity index (χ3v) is 4.70. The molecule has 0 aliphatic rings. The molecule has 1 aromatic carbocycles. The van der Waals surface area contributed by atoms with Gasteiger partial charge in [0.15, 0.2) is 0 Å². The molecule has 3 atom stereocenters. The highest BCUT2D eigenvalue weighted by Crippen LogP contribution is 2.11. The van der Waals surface area contributed by atoms with Crippen LogP contribution in [0, 0.1) is 5.92 Å². The van der Waals surface area contributed by atoms with Crippen LogP contribution < -0.4 is 32.7 Å². The van der Waals surface area contributed by atoms with Gasteiger partial charge in [0.05, 0.1) is 19.1 Å². The minimum absolute atomic E-state index is 0.0697. The van der Waals surface area contributed by atoms with Gasteiger partial charge in [-0.3, -0.25) is 24.0 Å². The molecule has 0 bridgehead atoms. The van der Waals surface area contributed by atoms with Crippen LogP contribution in [0.3, 0.4) is 0 Å². The third kappa shape index (κ3) is 10.8. The van der Waals surface area contributed by atoms with Gasteiger partial charge in [-0.05, 0) is 43.4 Å². The SMILES string of the molecule is CC(C)C[C@@H](NC(=O)CNC(=O)[C@H](C)NC(=O)[C@H](N)Cc1ccc(O)cc1)C(=O)NCC(N)=O. The number of amides is 5. The van der Waals surface area contributed by atoms with Crippen molar-refractivity contribution in [3.05, 3.63) is 29.8 Å². The van der Waals surface area contributed by atoms with E-state index in [1.165, 1.54) is 19.1 Å². The van der Waals surface area contributed by atoms with Crippen molar-refractivity contribution in [1.29, 1.82) is 0 Å². The predicted octanol–water partition coefficient (Wildman–Crippen LogP) is -1.98. The van der Waals surface area contributed by atoms with Crippen molar-refractivity contribution in [3.8, 4) is 5.75 Å². The van der Waals surface area contributed by atoms with Crippen molar-refractivity contribution in [2.45, 2.75) is 51.7 Å². The van der Waals surface area contributed by atoms with Crippen LogP contribution in [-0.2, 0) is 30.4 Å². The first-order valence-electron chi connectivity index (χ1n) is 10.9. The first-order chi connectivity index (χ1) is 15.9. The van der Waals surface area contributed by atoms with E-state index in [-0.39, 0.29) is 24.6 Å². The minimum Gasteiger partial charge on any atom is -0.508 e. The fraction of sp³-hybridized carbons (Fsp3) is 0.500. The summed E-state index contributed by atoms with van der Waals surface area (Å²) in [6, 6.07) is 3.45. The Morgan fingerprint density at radius 3 is 2.03 bits per heavy atom. The van der Waals surface area contributed by atoms with Crippen LogP contribution in [0.25, 0.3) is 0 Å². The average Bonchev–Trinajstić information content (AvgIpc) is 2.76. The number of primary amides is 1. The number of carbonyl (C=O) groups is 5. The molecule has 0 aromatic heterocycles. The molecule has 5 amide bonds. The van der Waals surface area contributed by atoms with E-state index in [1.54, 1.807) is 12.1 Å². The van der Waals surface area contributed by atoms with Crippen molar-refractivity contribution >= 4 is 29.5 Å². The summed E-state index contributed by atoms with van der Waals surface area (Å²) in [7, 11) is 0. The lowest BCUT2D eigenvalue weighted by Gasteiger charge is -2.21. The topological polar surface area (TPSA) is 206 Å². The van der Waals surface area contributed by atoms with Gasteiger partial charge in [-0.15, -0.1) is 0 Å². The molecule has 0 aliphatic heterocycles. The third-order valence-electron chi connectivity index (χ3n) is 4.70. The quantitative estimate of drug-likeness (QED) is 0.170. The fourth-order valence-corrected chi connectivity index (χ4v) is 2.93. The van der Waals surface area contributed by atoms with Crippen LogP contribution in [0.15, 0.2) is 24.3 Å². The van der Waals surface area contributed by atoms with Crippen LogP contribution in [0.4, 0.5) is 0 Å². The summed E-state index contributed by atoms with van der Waals surface area (Å²) in [4.78, 5) is 59.9. The summed E-state index contributed by atoms with van der Waals surface area (Å²) >= 11 is 0. The van der Waals surface area contributed by atoms with Crippen molar-refractivity contribution in [2.24, 2.45) is 17.4 Å². The smallest absolute Gasteiger partial charge is 0.243 e. The van der Waals surface area contributed by atoms with Crippen LogP contribution in [0.1, 0.15) is 32.8 Å². The maximum absolute atomic E-state index is 12.3. The summed E-state index contributed by atoms with van der Waals surface area (Å²) in [6.07, 6.45) is 0.521. The average molecular weight is 479 g/mol. The van der Waals surface area contributed by atoms with Crippen LogP contribution in [0.5, 0.6) is 5.75 Å². The van der Waals surface area contributed by atoms with Crippen molar-refractivity contribution in [3.63, 3.8) is 0 Å². The van der Waals surface area contributed by atoms with Crippen molar-refractivity contribution in [2.75, 3.05) is 13.1 Å². The number of benzene rings is 1. The number of nitrogens with one attached hydrogen (secondary N) is 4. The number of hydrogen-bond donors (Lipinski definition) is 7. The van der Waals surface area contributed by atoms with Crippen molar-refractivity contribution < 1.29 is 29.1 Å². The van der Waals surface area contributed by atoms with E-state index in [2.05, 4.69) is 21.3 Å². The molecule has 188 valence electrons. The lowest BCUT2D eigenvalue weighted by Crippen LogP contribution is -2.54. The van der Waals surface area contributed by atoms with Gasteiger partial charge in [-0.2, -0.15) is 0 Å². The van der Waals surface area contributed by atoms with E-state index in [4.69, 9.17) is 11.5 Å². The van der Waals surface area contributed by atoms with Gasteiger partial charge in [0.25, 0.3) is 0 Å². The molecule has 0 fully saturated rings. The lowest BCUT2D eigenvalue weighted by atomic mass is 10.0. The van der Waals surface area contributed by atoms with E-state index in [0.717, 1.165) is 5.56 Å². The highest BCUT2D eigenvalue weighted by atomic mass is 16.3. The van der Waals surface area contributed by atoms with E-state index in [1.807, 2.05) is 13.8 Å². The zero-order chi connectivity index (χ0) is 25.8. The molecule has 1 aromatic rings. The first-order valence-corrected chi connectivity index (χ1v) is 10.9. The Balaban J connectivity index is 2.51. The standard InChI is InChI=1S/C22H34N6O6/c1-12(2)8-17(22(34)25-10-18(24)30)28-19(31)11-26-20(32)13(3)27-21(33)16(23)9-14-4-6-15(29)7-5-14/h4-7,12-13,16-17,29H,8-11,23H2,1-3H3,(H2,24,30)(H,25,34)(H,26,32)(H,27,33)(H,28,31)/t13-,16+,17+/m0/s1. The molecular formula is C22H34N6O6. The molecule has 9 N–H and O–H groups in total. The normalized spacial score (nSPS) is 13.3. The summed E-state index contributed by atoms with van der Waals surface area (Å²) in [6.45, 7) is 4.39. The van der Waals surface area contributed by atoms with E-state index in [9.17, 15) is 29.1 Å². The molecule has 0 aliphatic carbocycles. The minimum atomic E-state index is -0.962. The number of phenols is 1. The molecule has 12 heteroatoms. The monoisotopic (exact) mass is 478 g/mol. The number of carbonyl (C=O) groups excluding carboxylic acids is 5. The summed E-state index contributed by atoms with van der Waals surface area (Å²) < 4.78 is 0.